The molecule has 0 heterocycles. The molecule has 19 heavy (non-hydrogen) atoms. The van der Waals surface area contributed by atoms with Crippen molar-refractivity contribution in [1.29, 1.82) is 10.5 Å². The molecule has 0 aromatic rings. The van der Waals surface area contributed by atoms with E-state index in [0.717, 1.165) is 0 Å². The minimum Gasteiger partial charge on any atom is -0.460 e. The monoisotopic (exact) mass is 302 g/mol. The number of rotatable bonds is 4. The molecule has 0 amide bonds. The fraction of sp³-hybridized carbons (Fsp3) is 0.769. The van der Waals surface area contributed by atoms with Crippen LogP contribution in [-0.4, -0.2) is 15.9 Å². The second kappa shape index (κ2) is 5.19. The van der Waals surface area contributed by atoms with Gasteiger partial charge in [0, 0.05) is 0 Å². The lowest BCUT2D eigenvalue weighted by atomic mass is 9.82. The van der Waals surface area contributed by atoms with Crippen LogP contribution >= 0.6 is 23.2 Å². The van der Waals surface area contributed by atoms with Gasteiger partial charge in [-0.05, 0) is 39.5 Å². The van der Waals surface area contributed by atoms with E-state index >= 15 is 0 Å². The number of esters is 1. The Morgan fingerprint density at radius 3 is 2.16 bits per heavy atom. The number of ether oxygens (including phenoxy) is 1. The van der Waals surface area contributed by atoms with E-state index in [2.05, 4.69) is 0 Å². The van der Waals surface area contributed by atoms with Gasteiger partial charge in [-0.1, -0.05) is 0 Å². The summed E-state index contributed by atoms with van der Waals surface area (Å²) in [6.45, 7) is 5.19. The number of hydrogen-bond acceptors (Lipinski definition) is 4. The Labute approximate surface area is 123 Å². The van der Waals surface area contributed by atoms with Crippen LogP contribution in [0.15, 0.2) is 0 Å². The summed E-state index contributed by atoms with van der Waals surface area (Å²) < 4.78 is 4.28. The van der Waals surface area contributed by atoms with E-state index in [0.29, 0.717) is 6.42 Å². The van der Waals surface area contributed by atoms with Crippen molar-refractivity contribution >= 4 is 29.2 Å². The van der Waals surface area contributed by atoms with Crippen LogP contribution in [0.2, 0.25) is 0 Å². The lowest BCUT2D eigenvalue weighted by Gasteiger charge is -2.23. The van der Waals surface area contributed by atoms with Gasteiger partial charge in [0.05, 0.1) is 18.6 Å². The summed E-state index contributed by atoms with van der Waals surface area (Å²) in [7, 11) is 0. The zero-order valence-corrected chi connectivity index (χ0v) is 12.7. The predicted molar refractivity (Wildman–Crippen MR) is 71.3 cm³/mol. The van der Waals surface area contributed by atoms with Crippen LogP contribution < -0.4 is 0 Å². The lowest BCUT2D eigenvalue weighted by Crippen LogP contribution is -2.29. The van der Waals surface area contributed by atoms with E-state index in [-0.39, 0.29) is 18.8 Å². The third-order valence-corrected chi connectivity index (χ3v) is 3.77. The molecule has 0 aliphatic heterocycles. The first kappa shape index (κ1) is 16.1. The summed E-state index contributed by atoms with van der Waals surface area (Å²) in [5, 5.41) is 18.4. The highest BCUT2D eigenvalue weighted by Crippen LogP contribution is 2.57. The molecule has 1 aliphatic carbocycles. The smallest absolute Gasteiger partial charge is 0.309 e. The van der Waals surface area contributed by atoms with Gasteiger partial charge >= 0.3 is 5.97 Å². The molecule has 0 aromatic heterocycles. The Bertz CT molecular complexity index is 441. The molecule has 0 saturated heterocycles. The van der Waals surface area contributed by atoms with Crippen LogP contribution in [0.3, 0.4) is 0 Å². The van der Waals surface area contributed by atoms with Crippen LogP contribution in [0, 0.1) is 34.0 Å². The molecule has 0 N–H and O–H groups in total. The topological polar surface area (TPSA) is 73.9 Å². The third kappa shape index (κ3) is 4.56. The molecule has 1 aliphatic rings. The minimum absolute atomic E-state index is 0.127. The summed E-state index contributed by atoms with van der Waals surface area (Å²) in [5.41, 5.74) is -2.06. The molecule has 0 radical (unpaired) electrons. The van der Waals surface area contributed by atoms with Crippen molar-refractivity contribution in [2.75, 3.05) is 0 Å². The van der Waals surface area contributed by atoms with Gasteiger partial charge in [0.25, 0.3) is 0 Å². The predicted octanol–water partition coefficient (Wildman–Crippen LogP) is 3.34. The van der Waals surface area contributed by atoms with E-state index in [1.165, 1.54) is 0 Å². The number of halogens is 2. The molecule has 1 unspecified atom stereocenters. The summed E-state index contributed by atoms with van der Waals surface area (Å²) in [6, 6.07) is 3.82. The number of carbonyl (C=O) groups is 1. The average Bonchev–Trinajstić information content (AvgIpc) is 2.81. The van der Waals surface area contributed by atoms with Crippen LogP contribution in [-0.2, 0) is 9.53 Å². The zero-order valence-electron chi connectivity index (χ0n) is 11.2. The fourth-order valence-electron chi connectivity index (χ4n) is 1.80. The van der Waals surface area contributed by atoms with Gasteiger partial charge in [0.1, 0.15) is 9.93 Å². The summed E-state index contributed by atoms with van der Waals surface area (Å²) in [4.78, 5) is 11.8. The highest BCUT2D eigenvalue weighted by atomic mass is 35.5. The first-order chi connectivity index (χ1) is 8.53. The molecular formula is C13H16Cl2N2O2. The van der Waals surface area contributed by atoms with Gasteiger partial charge in [0.2, 0.25) is 0 Å². The molecule has 1 saturated carbocycles. The van der Waals surface area contributed by atoms with Gasteiger partial charge in [0.15, 0.2) is 5.41 Å². The van der Waals surface area contributed by atoms with Crippen LogP contribution in [0.4, 0.5) is 0 Å². The van der Waals surface area contributed by atoms with Crippen LogP contribution in [0.1, 0.15) is 40.0 Å². The maximum atomic E-state index is 11.8. The average molecular weight is 303 g/mol. The summed E-state index contributed by atoms with van der Waals surface area (Å²) >= 11 is 11.8. The van der Waals surface area contributed by atoms with E-state index in [9.17, 15) is 15.3 Å². The van der Waals surface area contributed by atoms with Gasteiger partial charge < -0.3 is 4.74 Å². The van der Waals surface area contributed by atoms with Gasteiger partial charge in [-0.25, -0.2) is 0 Å². The van der Waals surface area contributed by atoms with Crippen LogP contribution in [0.5, 0.6) is 0 Å². The molecular weight excluding hydrogens is 287 g/mol. The van der Waals surface area contributed by atoms with Crippen molar-refractivity contribution in [3.63, 3.8) is 0 Å². The van der Waals surface area contributed by atoms with E-state index in [1.807, 2.05) is 12.1 Å². The molecule has 104 valence electrons. The highest BCUT2D eigenvalue weighted by molar-refractivity contribution is 6.50. The second-order valence-corrected chi connectivity index (χ2v) is 7.48. The molecule has 1 atom stereocenters. The molecule has 0 aromatic carbocycles. The van der Waals surface area contributed by atoms with Crippen molar-refractivity contribution in [3.05, 3.63) is 0 Å². The second-order valence-electron chi connectivity index (χ2n) is 5.94. The SMILES string of the molecule is CC(C)(C)OC(=O)CC(C#N)(C#N)CC1CC1(Cl)Cl. The summed E-state index contributed by atoms with van der Waals surface area (Å²) in [5.74, 6) is -0.691. The molecule has 1 rings (SSSR count). The first-order valence-corrected chi connectivity index (χ1v) is 6.71. The highest BCUT2D eigenvalue weighted by Gasteiger charge is 2.55. The van der Waals surface area contributed by atoms with Crippen molar-refractivity contribution < 1.29 is 9.53 Å². The quantitative estimate of drug-likeness (QED) is 0.589. The molecule has 1 fully saturated rings. The number of hydrogen-bond donors (Lipinski definition) is 0. The van der Waals surface area contributed by atoms with E-state index in [1.54, 1.807) is 20.8 Å². The Hall–Kier alpha value is -0.970. The Morgan fingerprint density at radius 1 is 1.37 bits per heavy atom. The Morgan fingerprint density at radius 2 is 1.84 bits per heavy atom. The Kier molecular flexibility index (Phi) is 4.40. The van der Waals surface area contributed by atoms with Crippen molar-refractivity contribution in [3.8, 4) is 12.1 Å². The first-order valence-electron chi connectivity index (χ1n) is 5.96. The third-order valence-electron chi connectivity index (χ3n) is 2.84. The number of alkyl halides is 2. The summed E-state index contributed by atoms with van der Waals surface area (Å²) in [6.07, 6.45) is 0.458. The lowest BCUT2D eigenvalue weighted by molar-refractivity contribution is -0.156. The molecule has 0 spiro atoms. The molecule has 6 heteroatoms. The fourth-order valence-corrected chi connectivity index (χ4v) is 2.33. The van der Waals surface area contributed by atoms with E-state index in [4.69, 9.17) is 27.9 Å². The number of nitrogens with zero attached hydrogens (tertiary/aromatic N) is 2. The zero-order chi connectivity index (χ0) is 14.9. The largest absolute Gasteiger partial charge is 0.460 e. The standard InChI is InChI=1S/C13H16Cl2N2O2/c1-11(2,3)19-10(18)6-12(7-16,8-17)4-9-5-13(9,14)15/h9H,4-6H2,1-3H3. The van der Waals surface area contributed by atoms with Crippen molar-refractivity contribution in [1.82, 2.24) is 0 Å². The van der Waals surface area contributed by atoms with E-state index < -0.39 is 21.3 Å². The van der Waals surface area contributed by atoms with Gasteiger partial charge in [-0.15, -0.1) is 23.2 Å². The molecule has 0 bridgehead atoms. The minimum atomic E-state index is -1.42. The maximum Gasteiger partial charge on any atom is 0.309 e. The van der Waals surface area contributed by atoms with Gasteiger partial charge in [-0.3, -0.25) is 4.79 Å². The van der Waals surface area contributed by atoms with Gasteiger partial charge in [-0.2, -0.15) is 10.5 Å². The Balaban J connectivity index is 2.71. The number of nitriles is 2. The molecule has 4 nitrogen and oxygen atoms in total. The maximum absolute atomic E-state index is 11.8. The normalized spacial score (nSPS) is 21.1. The number of carbonyl (C=O) groups excluding carboxylic acids is 1. The van der Waals surface area contributed by atoms with Crippen molar-refractivity contribution in [2.24, 2.45) is 11.3 Å². The van der Waals surface area contributed by atoms with Crippen LogP contribution in [0.25, 0.3) is 0 Å². The van der Waals surface area contributed by atoms with Crippen molar-refractivity contribution in [2.45, 2.75) is 50.0 Å².